The lowest BCUT2D eigenvalue weighted by Gasteiger charge is -2.31. The zero-order valence-electron chi connectivity index (χ0n) is 17.7. The Labute approximate surface area is 192 Å². The lowest BCUT2D eigenvalue weighted by Crippen LogP contribution is -2.34. The number of hydrogen-bond acceptors (Lipinski definition) is 6. The van der Waals surface area contributed by atoms with Gasteiger partial charge in [-0.2, -0.15) is 11.3 Å². The van der Waals surface area contributed by atoms with Crippen molar-refractivity contribution < 1.29 is 13.4 Å². The monoisotopic (exact) mass is 472 g/mol. The number of halogens is 1. The number of hydrogen-bond donors (Lipinski definition) is 0. The molecule has 0 amide bonds. The summed E-state index contributed by atoms with van der Waals surface area (Å²) >= 11 is 1.56. The van der Waals surface area contributed by atoms with E-state index in [1.165, 1.54) is 12.1 Å². The Morgan fingerprint density at radius 2 is 1.91 bits per heavy atom. The zero-order chi connectivity index (χ0) is 22.1. The lowest BCUT2D eigenvalue weighted by molar-refractivity contribution is 0.0972. The summed E-state index contributed by atoms with van der Waals surface area (Å²) in [6.45, 7) is 3.50. The van der Waals surface area contributed by atoms with Gasteiger partial charge in [-0.05, 0) is 63.2 Å². The predicted molar refractivity (Wildman–Crippen MR) is 123 cm³/mol. The molecule has 2 aliphatic heterocycles. The summed E-state index contributed by atoms with van der Waals surface area (Å²) in [6.07, 6.45) is 3.28. The first-order valence-electron chi connectivity index (χ1n) is 11.0. The van der Waals surface area contributed by atoms with Crippen LogP contribution in [0.4, 0.5) is 4.39 Å². The number of rotatable bonds is 6. The standard InChI is InChI=1S/C23H25FN4O2S2/c24-18-5-3-16(4-6-18)20(29)2-1-9-27-10-7-17(8-11-27)22-25-26-23-19-14-31-15-21(19)32(30)13-12-28(22)23/h3-6,14-15,17H,1-2,7-13H2. The Bertz CT molecular complexity index is 1130. The van der Waals surface area contributed by atoms with E-state index in [1.54, 1.807) is 23.5 Å². The van der Waals surface area contributed by atoms with Crippen molar-refractivity contribution in [2.75, 3.05) is 25.4 Å². The second-order valence-corrected chi connectivity index (χ2v) is 10.7. The molecule has 2 aliphatic rings. The highest BCUT2D eigenvalue weighted by atomic mass is 32.2. The molecular weight excluding hydrogens is 447 g/mol. The molecular formula is C23H25FN4O2S2. The molecule has 1 aromatic carbocycles. The number of carbonyl (C=O) groups excluding carboxylic acids is 1. The van der Waals surface area contributed by atoms with Gasteiger partial charge in [0, 0.05) is 46.5 Å². The number of aromatic nitrogens is 3. The van der Waals surface area contributed by atoms with Crippen molar-refractivity contribution in [3.63, 3.8) is 0 Å². The highest BCUT2D eigenvalue weighted by Crippen LogP contribution is 2.35. The van der Waals surface area contributed by atoms with Gasteiger partial charge in [0.1, 0.15) is 11.6 Å². The van der Waals surface area contributed by atoms with Crippen LogP contribution < -0.4 is 0 Å². The Morgan fingerprint density at radius 1 is 1.12 bits per heavy atom. The van der Waals surface area contributed by atoms with Crippen molar-refractivity contribution >= 4 is 27.9 Å². The molecule has 0 aliphatic carbocycles. The van der Waals surface area contributed by atoms with Crippen molar-refractivity contribution in [3.05, 3.63) is 52.2 Å². The van der Waals surface area contributed by atoms with Crippen LogP contribution in [0.1, 0.15) is 47.8 Å². The van der Waals surface area contributed by atoms with Gasteiger partial charge in [0.2, 0.25) is 0 Å². The molecule has 9 heteroatoms. The fraction of sp³-hybridized carbons (Fsp3) is 0.435. The molecule has 2 aromatic heterocycles. The van der Waals surface area contributed by atoms with E-state index in [0.29, 0.717) is 30.2 Å². The fourth-order valence-corrected chi connectivity index (χ4v) is 6.93. The summed E-state index contributed by atoms with van der Waals surface area (Å²) < 4.78 is 27.7. The van der Waals surface area contributed by atoms with Gasteiger partial charge >= 0.3 is 0 Å². The van der Waals surface area contributed by atoms with E-state index >= 15 is 0 Å². The van der Waals surface area contributed by atoms with Crippen LogP contribution in [0.5, 0.6) is 0 Å². The first-order valence-corrected chi connectivity index (χ1v) is 13.3. The smallest absolute Gasteiger partial charge is 0.166 e. The normalized spacial score (nSPS) is 19.3. The molecule has 1 fully saturated rings. The SMILES string of the molecule is O=C(CCCN1CCC(c2nnc3n2CCS(=O)c2cscc2-3)CC1)c1ccc(F)cc1. The van der Waals surface area contributed by atoms with Gasteiger partial charge in [0.25, 0.3) is 0 Å². The Balaban J connectivity index is 1.16. The molecule has 1 atom stereocenters. The van der Waals surface area contributed by atoms with Gasteiger partial charge in [-0.1, -0.05) is 0 Å². The Kier molecular flexibility index (Phi) is 6.30. The van der Waals surface area contributed by atoms with Crippen LogP contribution in [-0.2, 0) is 17.3 Å². The van der Waals surface area contributed by atoms with Crippen LogP contribution in [0, 0.1) is 5.82 Å². The number of benzene rings is 1. The van der Waals surface area contributed by atoms with Gasteiger partial charge in [-0.25, -0.2) is 4.39 Å². The molecule has 0 saturated carbocycles. The first kappa shape index (κ1) is 21.6. The van der Waals surface area contributed by atoms with Crippen molar-refractivity contribution in [1.29, 1.82) is 0 Å². The van der Waals surface area contributed by atoms with E-state index in [2.05, 4.69) is 19.7 Å². The van der Waals surface area contributed by atoms with Crippen molar-refractivity contribution in [2.45, 2.75) is 43.0 Å². The maximum Gasteiger partial charge on any atom is 0.166 e. The van der Waals surface area contributed by atoms with Gasteiger partial charge in [0.05, 0.1) is 15.7 Å². The number of Topliss-reactive ketones (excluding diaryl/α,β-unsaturated/α-hetero) is 1. The molecule has 6 nitrogen and oxygen atoms in total. The molecule has 0 N–H and O–H groups in total. The minimum absolute atomic E-state index is 0.0659. The molecule has 0 radical (unpaired) electrons. The van der Waals surface area contributed by atoms with E-state index in [9.17, 15) is 13.4 Å². The third-order valence-corrected chi connectivity index (χ3v) is 8.66. The summed E-state index contributed by atoms with van der Waals surface area (Å²) in [7, 11) is -0.980. The summed E-state index contributed by atoms with van der Waals surface area (Å²) in [5, 5.41) is 13.0. The number of nitrogens with zero attached hydrogens (tertiary/aromatic N) is 4. The minimum atomic E-state index is -0.980. The van der Waals surface area contributed by atoms with E-state index in [4.69, 9.17) is 0 Å². The van der Waals surface area contributed by atoms with Gasteiger partial charge < -0.3 is 9.47 Å². The average Bonchev–Trinajstić information content (AvgIpc) is 3.43. The first-order chi connectivity index (χ1) is 15.6. The number of likely N-dealkylation sites (tertiary alicyclic amines) is 1. The quantitative estimate of drug-likeness (QED) is 0.505. The zero-order valence-corrected chi connectivity index (χ0v) is 19.3. The van der Waals surface area contributed by atoms with Crippen molar-refractivity contribution in [3.8, 4) is 11.4 Å². The Hall–Kier alpha value is -2.23. The third-order valence-electron chi connectivity index (χ3n) is 6.39. The fourth-order valence-electron chi connectivity index (χ4n) is 4.60. The predicted octanol–water partition coefficient (Wildman–Crippen LogP) is 4.11. The maximum atomic E-state index is 13.0. The number of piperidine rings is 1. The molecule has 4 heterocycles. The molecule has 1 saturated heterocycles. The molecule has 5 rings (SSSR count). The second kappa shape index (κ2) is 9.33. The summed E-state index contributed by atoms with van der Waals surface area (Å²) in [5.41, 5.74) is 1.54. The van der Waals surface area contributed by atoms with Crippen LogP contribution in [0.3, 0.4) is 0 Å². The number of ketones is 1. The van der Waals surface area contributed by atoms with E-state index < -0.39 is 10.8 Å². The van der Waals surface area contributed by atoms with E-state index in [0.717, 1.165) is 61.0 Å². The molecule has 0 spiro atoms. The van der Waals surface area contributed by atoms with Gasteiger partial charge in [0.15, 0.2) is 11.6 Å². The highest BCUT2D eigenvalue weighted by molar-refractivity contribution is 7.85. The van der Waals surface area contributed by atoms with Gasteiger partial charge in [-0.3, -0.25) is 9.00 Å². The van der Waals surface area contributed by atoms with Crippen LogP contribution >= 0.6 is 11.3 Å². The molecule has 3 aromatic rings. The second-order valence-electron chi connectivity index (χ2n) is 8.38. The largest absolute Gasteiger partial charge is 0.310 e. The van der Waals surface area contributed by atoms with E-state index in [-0.39, 0.29) is 11.6 Å². The van der Waals surface area contributed by atoms with Crippen molar-refractivity contribution in [2.24, 2.45) is 0 Å². The minimum Gasteiger partial charge on any atom is -0.310 e. The topological polar surface area (TPSA) is 68.1 Å². The maximum absolute atomic E-state index is 13.0. The summed E-state index contributed by atoms with van der Waals surface area (Å²) in [6, 6.07) is 5.78. The van der Waals surface area contributed by atoms with E-state index in [1.807, 2.05) is 10.8 Å². The number of thiophene rings is 1. The lowest BCUT2D eigenvalue weighted by atomic mass is 9.95. The molecule has 168 valence electrons. The Morgan fingerprint density at radius 3 is 2.69 bits per heavy atom. The molecule has 0 bridgehead atoms. The molecule has 1 unspecified atom stereocenters. The van der Waals surface area contributed by atoms with Crippen LogP contribution in [0.2, 0.25) is 0 Å². The van der Waals surface area contributed by atoms with Crippen LogP contribution in [0.15, 0.2) is 39.9 Å². The average molecular weight is 473 g/mol. The van der Waals surface area contributed by atoms with Crippen molar-refractivity contribution in [1.82, 2.24) is 19.7 Å². The molecule has 32 heavy (non-hydrogen) atoms. The van der Waals surface area contributed by atoms with Crippen LogP contribution in [0.25, 0.3) is 11.4 Å². The summed E-state index contributed by atoms with van der Waals surface area (Å²) in [5.74, 6) is 2.56. The van der Waals surface area contributed by atoms with Gasteiger partial charge in [-0.15, -0.1) is 10.2 Å². The number of fused-ring (bicyclic) bond motifs is 3. The number of carbonyl (C=O) groups is 1. The van der Waals surface area contributed by atoms with Crippen LogP contribution in [-0.4, -0.2) is 55.0 Å². The summed E-state index contributed by atoms with van der Waals surface area (Å²) in [4.78, 5) is 15.6. The third kappa shape index (κ3) is 4.33. The highest BCUT2D eigenvalue weighted by Gasteiger charge is 2.29.